The van der Waals surface area contributed by atoms with Crippen LogP contribution >= 0.6 is 23.2 Å². The lowest BCUT2D eigenvalue weighted by Gasteiger charge is -2.12. The van der Waals surface area contributed by atoms with E-state index in [2.05, 4.69) is 10.3 Å². The molecule has 0 bridgehead atoms. The lowest BCUT2D eigenvalue weighted by atomic mass is 10.2. The first-order valence-corrected chi connectivity index (χ1v) is 5.95. The van der Waals surface area contributed by atoms with E-state index in [9.17, 15) is 4.79 Å². The van der Waals surface area contributed by atoms with Gasteiger partial charge in [-0.15, -0.1) is 0 Å². The van der Waals surface area contributed by atoms with Crippen molar-refractivity contribution in [2.24, 2.45) is 0 Å². The first kappa shape index (κ1) is 13.5. The Hall–Kier alpha value is -1.98. The minimum Gasteiger partial charge on any atom is -0.478 e. The van der Waals surface area contributed by atoms with Gasteiger partial charge in [-0.3, -0.25) is 0 Å². The molecule has 0 aliphatic heterocycles. The van der Waals surface area contributed by atoms with Gasteiger partial charge in [0, 0.05) is 6.20 Å². The molecule has 0 saturated carbocycles. The van der Waals surface area contributed by atoms with Crippen LogP contribution in [0.3, 0.4) is 0 Å². The van der Waals surface area contributed by atoms with Crippen molar-refractivity contribution in [1.29, 1.82) is 0 Å². The van der Waals surface area contributed by atoms with Gasteiger partial charge in [-0.2, -0.15) is 0 Å². The van der Waals surface area contributed by atoms with Gasteiger partial charge in [0.25, 0.3) is 0 Å². The van der Waals surface area contributed by atoms with Gasteiger partial charge < -0.3 is 16.2 Å². The summed E-state index contributed by atoms with van der Waals surface area (Å²) in [6, 6.07) is 6.30. The molecule has 7 heteroatoms. The molecule has 1 aromatic heterocycles. The predicted octanol–water partition coefficient (Wildman–Crippen LogP) is 3.41. The summed E-state index contributed by atoms with van der Waals surface area (Å²) in [4.78, 5) is 15.0. The Morgan fingerprint density at radius 1 is 1.26 bits per heavy atom. The molecule has 4 N–H and O–H groups in total. The molecular weight excluding hydrogens is 289 g/mol. The normalized spacial score (nSPS) is 10.2. The smallest absolute Gasteiger partial charge is 0.337 e. The number of benzene rings is 1. The molecule has 0 fully saturated rings. The fourth-order valence-corrected chi connectivity index (χ4v) is 1.99. The molecule has 0 unspecified atom stereocenters. The zero-order valence-electron chi connectivity index (χ0n) is 9.52. The number of hydrogen-bond acceptors (Lipinski definition) is 4. The molecule has 19 heavy (non-hydrogen) atoms. The lowest BCUT2D eigenvalue weighted by molar-refractivity contribution is 0.0698. The maximum atomic E-state index is 11.0. The number of anilines is 3. The number of aromatic carboxylic acids is 1. The highest BCUT2D eigenvalue weighted by atomic mass is 35.5. The molecule has 1 heterocycles. The zero-order valence-corrected chi connectivity index (χ0v) is 11.0. The number of nitrogens with zero attached hydrogens (tertiary/aromatic N) is 1. The molecule has 5 nitrogen and oxygen atoms in total. The molecule has 0 aliphatic rings. The summed E-state index contributed by atoms with van der Waals surface area (Å²) in [6.45, 7) is 0. The fraction of sp³-hybridized carbons (Fsp3) is 0. The van der Waals surface area contributed by atoms with E-state index in [1.807, 2.05) is 0 Å². The third-order valence-corrected chi connectivity index (χ3v) is 3.06. The highest BCUT2D eigenvalue weighted by molar-refractivity contribution is 6.39. The van der Waals surface area contributed by atoms with Crippen LogP contribution in [0.15, 0.2) is 30.5 Å². The van der Waals surface area contributed by atoms with Gasteiger partial charge in [0.05, 0.1) is 27.0 Å². The largest absolute Gasteiger partial charge is 0.478 e. The van der Waals surface area contributed by atoms with Gasteiger partial charge >= 0.3 is 5.97 Å². The summed E-state index contributed by atoms with van der Waals surface area (Å²) in [5.41, 5.74) is 6.14. The minimum atomic E-state index is -1.13. The zero-order chi connectivity index (χ0) is 14.0. The summed E-state index contributed by atoms with van der Waals surface area (Å²) < 4.78 is 0. The first-order valence-electron chi connectivity index (χ1n) is 5.19. The maximum Gasteiger partial charge on any atom is 0.337 e. The lowest BCUT2D eigenvalue weighted by Crippen LogP contribution is -2.07. The van der Waals surface area contributed by atoms with Crippen molar-refractivity contribution in [1.82, 2.24) is 4.98 Å². The van der Waals surface area contributed by atoms with Crippen molar-refractivity contribution in [3.8, 4) is 0 Å². The highest BCUT2D eigenvalue weighted by Gasteiger charge is 2.14. The standard InChI is InChI=1S/C12H9Cl2N3O2/c13-7-2-1-3-8(14)10(7)17-11-9(15)6(12(18)19)4-5-16-11/h1-5H,15H2,(H,16,17)(H,18,19). The van der Waals surface area contributed by atoms with Crippen molar-refractivity contribution in [2.75, 3.05) is 11.1 Å². The van der Waals surface area contributed by atoms with Crippen LogP contribution in [0.25, 0.3) is 0 Å². The van der Waals surface area contributed by atoms with Crippen LogP contribution in [0.5, 0.6) is 0 Å². The van der Waals surface area contributed by atoms with Gasteiger partial charge in [0.1, 0.15) is 0 Å². The van der Waals surface area contributed by atoms with Gasteiger partial charge in [0.15, 0.2) is 5.82 Å². The second kappa shape index (κ2) is 5.34. The summed E-state index contributed by atoms with van der Waals surface area (Å²) >= 11 is 12.0. The van der Waals surface area contributed by atoms with Crippen LogP contribution in [0.1, 0.15) is 10.4 Å². The minimum absolute atomic E-state index is 0.0194. The van der Waals surface area contributed by atoms with E-state index >= 15 is 0 Å². The Labute approximate surface area is 119 Å². The van der Waals surface area contributed by atoms with Crippen LogP contribution in [0.4, 0.5) is 17.2 Å². The Kier molecular flexibility index (Phi) is 3.78. The van der Waals surface area contributed by atoms with Crippen molar-refractivity contribution in [2.45, 2.75) is 0 Å². The monoisotopic (exact) mass is 297 g/mol. The summed E-state index contributed by atoms with van der Waals surface area (Å²) in [5, 5.41) is 12.6. The van der Waals surface area contributed by atoms with E-state index in [1.165, 1.54) is 12.3 Å². The second-order valence-electron chi connectivity index (χ2n) is 3.65. The average Bonchev–Trinajstić information content (AvgIpc) is 2.35. The topological polar surface area (TPSA) is 88.2 Å². The number of aromatic nitrogens is 1. The van der Waals surface area contributed by atoms with Gasteiger partial charge in [-0.1, -0.05) is 29.3 Å². The predicted molar refractivity (Wildman–Crippen MR) is 75.4 cm³/mol. The van der Waals surface area contributed by atoms with Crippen LogP contribution in [0, 0.1) is 0 Å². The molecule has 0 atom stereocenters. The molecule has 0 saturated heterocycles. The molecule has 98 valence electrons. The van der Waals surface area contributed by atoms with Gasteiger partial charge in [-0.25, -0.2) is 9.78 Å². The Bertz CT molecular complexity index is 627. The number of rotatable bonds is 3. The first-order chi connectivity index (χ1) is 9.00. The molecule has 2 aromatic rings. The average molecular weight is 298 g/mol. The van der Waals surface area contributed by atoms with E-state index < -0.39 is 5.97 Å². The maximum absolute atomic E-state index is 11.0. The van der Waals surface area contributed by atoms with E-state index in [4.69, 9.17) is 34.0 Å². The second-order valence-corrected chi connectivity index (χ2v) is 4.46. The SMILES string of the molecule is Nc1c(C(=O)O)ccnc1Nc1c(Cl)cccc1Cl. The number of pyridine rings is 1. The highest BCUT2D eigenvalue weighted by Crippen LogP contribution is 2.34. The molecule has 1 aromatic carbocycles. The number of carboxylic acids is 1. The van der Waals surface area contributed by atoms with Crippen LogP contribution < -0.4 is 11.1 Å². The molecule has 2 rings (SSSR count). The van der Waals surface area contributed by atoms with Crippen molar-refractivity contribution >= 4 is 46.4 Å². The Morgan fingerprint density at radius 2 is 1.89 bits per heavy atom. The number of hydrogen-bond donors (Lipinski definition) is 3. The fourth-order valence-electron chi connectivity index (χ4n) is 1.49. The third kappa shape index (κ3) is 2.72. The number of nitrogen functional groups attached to an aromatic ring is 1. The van der Waals surface area contributed by atoms with Crippen LogP contribution in [-0.2, 0) is 0 Å². The van der Waals surface area contributed by atoms with Gasteiger partial charge in [-0.05, 0) is 18.2 Å². The van der Waals surface area contributed by atoms with Crippen molar-refractivity contribution < 1.29 is 9.90 Å². The Balaban J connectivity index is 2.45. The number of nitrogens with two attached hydrogens (primary N) is 1. The van der Waals surface area contributed by atoms with E-state index in [0.717, 1.165) is 0 Å². The molecule has 0 amide bonds. The molecule has 0 aliphatic carbocycles. The van der Waals surface area contributed by atoms with Crippen LogP contribution in [-0.4, -0.2) is 16.1 Å². The quantitative estimate of drug-likeness (QED) is 0.808. The van der Waals surface area contributed by atoms with E-state index in [-0.39, 0.29) is 17.1 Å². The summed E-state index contributed by atoms with van der Waals surface area (Å²) in [7, 11) is 0. The van der Waals surface area contributed by atoms with Crippen molar-refractivity contribution in [3.63, 3.8) is 0 Å². The third-order valence-electron chi connectivity index (χ3n) is 2.43. The summed E-state index contributed by atoms with van der Waals surface area (Å²) in [5.74, 6) is -0.942. The molecule has 0 radical (unpaired) electrons. The van der Waals surface area contributed by atoms with E-state index in [1.54, 1.807) is 18.2 Å². The van der Waals surface area contributed by atoms with E-state index in [0.29, 0.717) is 15.7 Å². The van der Waals surface area contributed by atoms with Crippen molar-refractivity contribution in [3.05, 3.63) is 46.1 Å². The number of carbonyl (C=O) groups is 1. The molecule has 0 spiro atoms. The van der Waals surface area contributed by atoms with Gasteiger partial charge in [0.2, 0.25) is 0 Å². The Morgan fingerprint density at radius 3 is 2.47 bits per heavy atom. The number of carboxylic acid groups (broad SMARTS) is 1. The number of nitrogens with one attached hydrogen (secondary N) is 1. The number of halogens is 2. The summed E-state index contributed by atoms with van der Waals surface area (Å²) in [6.07, 6.45) is 1.34. The van der Waals surface area contributed by atoms with Crippen LogP contribution in [0.2, 0.25) is 10.0 Å². The number of para-hydroxylation sites is 1. The molecular formula is C12H9Cl2N3O2.